The van der Waals surface area contributed by atoms with Crippen molar-refractivity contribution in [2.24, 2.45) is 10.7 Å². The molecular formula is C30H26N4O2. The number of ether oxygens (including phenoxy) is 1. The second-order valence-electron chi connectivity index (χ2n) is 9.26. The van der Waals surface area contributed by atoms with Gasteiger partial charge in [-0.05, 0) is 46.5 Å². The normalized spacial score (nSPS) is 20.7. The van der Waals surface area contributed by atoms with E-state index in [-0.39, 0.29) is 18.0 Å². The first kappa shape index (κ1) is 21.9. The Labute approximate surface area is 209 Å². The topological polar surface area (TPSA) is 93.9 Å². The van der Waals surface area contributed by atoms with Crippen molar-refractivity contribution in [3.05, 3.63) is 120 Å². The first-order chi connectivity index (χ1) is 17.5. The summed E-state index contributed by atoms with van der Waals surface area (Å²) in [6, 6.07) is 33.3. The molecule has 1 amide bonds. The predicted molar refractivity (Wildman–Crippen MR) is 141 cm³/mol. The molecule has 2 unspecified atom stereocenters. The summed E-state index contributed by atoms with van der Waals surface area (Å²) in [6.45, 7) is 0.359. The molecule has 2 heterocycles. The fraction of sp³-hybridized carbons (Fsp3) is 0.133. The molecule has 2 aliphatic rings. The Bertz CT molecular complexity index is 1470. The third-order valence-corrected chi connectivity index (χ3v) is 6.93. The van der Waals surface area contributed by atoms with Gasteiger partial charge in [0.15, 0.2) is 11.5 Å². The summed E-state index contributed by atoms with van der Waals surface area (Å²) in [7, 11) is 0. The highest BCUT2D eigenvalue weighted by molar-refractivity contribution is 6.07. The summed E-state index contributed by atoms with van der Waals surface area (Å²) in [5, 5.41) is 0. The molecule has 178 valence electrons. The van der Waals surface area contributed by atoms with Gasteiger partial charge in [0.05, 0.1) is 6.54 Å². The summed E-state index contributed by atoms with van der Waals surface area (Å²) in [6.07, 6.45) is 0.0176. The summed E-state index contributed by atoms with van der Waals surface area (Å²) in [4.78, 5) is 20.7. The summed E-state index contributed by atoms with van der Waals surface area (Å²) in [5.74, 6) is 0.714. The smallest absolute Gasteiger partial charge is 0.262 e. The van der Waals surface area contributed by atoms with Crippen LogP contribution in [0.5, 0.6) is 5.75 Å². The van der Waals surface area contributed by atoms with Gasteiger partial charge >= 0.3 is 0 Å². The molecule has 0 saturated heterocycles. The van der Waals surface area contributed by atoms with E-state index < -0.39 is 5.54 Å². The van der Waals surface area contributed by atoms with Crippen molar-refractivity contribution in [1.29, 1.82) is 0 Å². The summed E-state index contributed by atoms with van der Waals surface area (Å²) in [5.41, 5.74) is 16.6. The highest BCUT2D eigenvalue weighted by atomic mass is 16.5. The van der Waals surface area contributed by atoms with Crippen molar-refractivity contribution in [2.45, 2.75) is 24.6 Å². The summed E-state index contributed by atoms with van der Waals surface area (Å²) >= 11 is 0. The number of nitrogens with two attached hydrogens (primary N) is 2. The highest BCUT2D eigenvalue weighted by Gasteiger charge is 2.54. The number of nitrogens with zero attached hydrogens (tertiary/aromatic N) is 2. The molecule has 0 bridgehead atoms. The number of benzene rings is 4. The van der Waals surface area contributed by atoms with Crippen molar-refractivity contribution in [3.8, 4) is 16.9 Å². The maximum atomic E-state index is 14.2. The van der Waals surface area contributed by atoms with E-state index in [0.29, 0.717) is 24.4 Å². The minimum atomic E-state index is -1.18. The van der Waals surface area contributed by atoms with Crippen LogP contribution in [-0.4, -0.2) is 16.8 Å². The SMILES string of the molecule is NC1=NC2(CC(c3ccccc3)Oc3ccc(-c4cccc(N)c4)cc32)C(=O)N1Cc1ccccc1. The lowest BCUT2D eigenvalue weighted by molar-refractivity contribution is -0.133. The molecule has 6 nitrogen and oxygen atoms in total. The fourth-order valence-corrected chi connectivity index (χ4v) is 5.14. The van der Waals surface area contributed by atoms with E-state index in [4.69, 9.17) is 21.2 Å². The van der Waals surface area contributed by atoms with Gasteiger partial charge in [0.25, 0.3) is 5.91 Å². The van der Waals surface area contributed by atoms with Crippen LogP contribution in [0, 0.1) is 0 Å². The third kappa shape index (κ3) is 3.67. The minimum absolute atomic E-state index is 0.140. The molecule has 0 radical (unpaired) electrons. The largest absolute Gasteiger partial charge is 0.485 e. The molecular weight excluding hydrogens is 448 g/mol. The lowest BCUT2D eigenvalue weighted by Gasteiger charge is -2.37. The molecule has 1 spiro atoms. The molecule has 2 atom stereocenters. The number of fused-ring (bicyclic) bond motifs is 2. The van der Waals surface area contributed by atoms with Crippen molar-refractivity contribution in [2.75, 3.05) is 5.73 Å². The number of hydrogen-bond acceptors (Lipinski definition) is 5. The predicted octanol–water partition coefficient (Wildman–Crippen LogP) is 5.01. The Hall–Kier alpha value is -4.58. The van der Waals surface area contributed by atoms with E-state index in [1.54, 1.807) is 4.90 Å². The molecule has 0 fully saturated rings. The average Bonchev–Trinajstić information content (AvgIpc) is 3.14. The number of guanidine groups is 1. The second kappa shape index (κ2) is 8.57. The van der Waals surface area contributed by atoms with E-state index in [0.717, 1.165) is 27.8 Å². The Balaban J connectivity index is 1.47. The fourth-order valence-electron chi connectivity index (χ4n) is 5.14. The zero-order valence-corrected chi connectivity index (χ0v) is 19.7. The van der Waals surface area contributed by atoms with E-state index >= 15 is 0 Å². The first-order valence-electron chi connectivity index (χ1n) is 12.0. The Morgan fingerprint density at radius 3 is 2.33 bits per heavy atom. The molecule has 4 aromatic carbocycles. The van der Waals surface area contributed by atoms with Crippen LogP contribution < -0.4 is 16.2 Å². The van der Waals surface area contributed by atoms with Gasteiger partial charge in [0, 0.05) is 17.7 Å². The van der Waals surface area contributed by atoms with Crippen molar-refractivity contribution in [3.63, 3.8) is 0 Å². The number of rotatable bonds is 4. The molecule has 4 aromatic rings. The number of carbonyl (C=O) groups excluding carboxylic acids is 1. The number of nitrogen functional groups attached to an aromatic ring is 1. The molecule has 0 saturated carbocycles. The van der Waals surface area contributed by atoms with Crippen LogP contribution in [0.3, 0.4) is 0 Å². The monoisotopic (exact) mass is 474 g/mol. The van der Waals surface area contributed by atoms with Crippen LogP contribution in [0.4, 0.5) is 5.69 Å². The van der Waals surface area contributed by atoms with Gasteiger partial charge in [-0.2, -0.15) is 0 Å². The zero-order chi connectivity index (χ0) is 24.7. The van der Waals surface area contributed by atoms with Crippen LogP contribution >= 0.6 is 0 Å². The second-order valence-corrected chi connectivity index (χ2v) is 9.26. The molecule has 4 N–H and O–H groups in total. The lowest BCUT2D eigenvalue weighted by atomic mass is 9.79. The highest BCUT2D eigenvalue weighted by Crippen LogP contribution is 2.51. The Morgan fingerprint density at radius 1 is 0.861 bits per heavy atom. The van der Waals surface area contributed by atoms with Crippen LogP contribution in [0.25, 0.3) is 11.1 Å². The van der Waals surface area contributed by atoms with E-state index in [1.807, 2.05) is 103 Å². The molecule has 36 heavy (non-hydrogen) atoms. The molecule has 6 heteroatoms. The lowest BCUT2D eigenvalue weighted by Crippen LogP contribution is -2.45. The van der Waals surface area contributed by atoms with Gasteiger partial charge in [-0.3, -0.25) is 9.69 Å². The zero-order valence-electron chi connectivity index (χ0n) is 19.7. The third-order valence-electron chi connectivity index (χ3n) is 6.93. The van der Waals surface area contributed by atoms with Crippen LogP contribution in [0.1, 0.15) is 29.2 Å². The molecule has 0 aromatic heterocycles. The van der Waals surface area contributed by atoms with Crippen molar-refractivity contribution < 1.29 is 9.53 Å². The van der Waals surface area contributed by atoms with Gasteiger partial charge in [0.2, 0.25) is 0 Å². The van der Waals surface area contributed by atoms with Crippen molar-refractivity contribution in [1.82, 2.24) is 4.90 Å². The van der Waals surface area contributed by atoms with E-state index in [2.05, 4.69) is 0 Å². The van der Waals surface area contributed by atoms with E-state index in [1.165, 1.54) is 0 Å². The molecule has 6 rings (SSSR count). The van der Waals surface area contributed by atoms with Gasteiger partial charge in [-0.1, -0.05) is 78.9 Å². The van der Waals surface area contributed by atoms with Gasteiger partial charge < -0.3 is 16.2 Å². The first-order valence-corrected chi connectivity index (χ1v) is 12.0. The van der Waals surface area contributed by atoms with Gasteiger partial charge in [0.1, 0.15) is 11.9 Å². The molecule has 2 aliphatic heterocycles. The number of anilines is 1. The van der Waals surface area contributed by atoms with Crippen molar-refractivity contribution >= 4 is 17.6 Å². The van der Waals surface area contributed by atoms with Gasteiger partial charge in [-0.25, -0.2) is 4.99 Å². The van der Waals surface area contributed by atoms with E-state index in [9.17, 15) is 4.79 Å². The van der Waals surface area contributed by atoms with Crippen LogP contribution in [0.15, 0.2) is 108 Å². The van der Waals surface area contributed by atoms with Crippen LogP contribution in [0.2, 0.25) is 0 Å². The number of hydrogen-bond donors (Lipinski definition) is 2. The maximum absolute atomic E-state index is 14.2. The Morgan fingerprint density at radius 2 is 1.58 bits per heavy atom. The molecule has 0 aliphatic carbocycles. The Kier molecular flexibility index (Phi) is 5.22. The number of aliphatic imine (C=N–C) groups is 1. The number of carbonyl (C=O) groups is 1. The quantitative estimate of drug-likeness (QED) is 0.407. The average molecular weight is 475 g/mol. The maximum Gasteiger partial charge on any atom is 0.262 e. The minimum Gasteiger partial charge on any atom is -0.485 e. The summed E-state index contributed by atoms with van der Waals surface area (Å²) < 4.78 is 6.45. The number of amides is 1. The van der Waals surface area contributed by atoms with Gasteiger partial charge in [-0.15, -0.1) is 0 Å². The standard InChI is InChI=1S/C30H26N4O2/c31-24-13-7-12-22(16-24)23-14-15-26-25(17-23)30(18-27(36-26)21-10-5-2-6-11-21)28(35)34(29(32)33-30)19-20-8-3-1-4-9-20/h1-17,27H,18-19,31H2,(H2,32,33). The van der Waals surface area contributed by atoms with Crippen LogP contribution in [-0.2, 0) is 16.9 Å².